The zero-order valence-electron chi connectivity index (χ0n) is 8.34. The summed E-state index contributed by atoms with van der Waals surface area (Å²) in [6, 6.07) is 5.90. The maximum atomic E-state index is 5.93. The summed E-state index contributed by atoms with van der Waals surface area (Å²) in [5.74, 6) is 0. The van der Waals surface area contributed by atoms with Crippen LogP contribution in [-0.2, 0) is 6.54 Å². The highest BCUT2D eigenvalue weighted by Crippen LogP contribution is 2.25. The van der Waals surface area contributed by atoms with Crippen molar-refractivity contribution in [3.63, 3.8) is 0 Å². The van der Waals surface area contributed by atoms with Crippen molar-refractivity contribution < 1.29 is 28.5 Å². The van der Waals surface area contributed by atoms with E-state index in [1.165, 1.54) is 5.52 Å². The molecule has 0 radical (unpaired) electrons. The molecule has 0 saturated heterocycles. The van der Waals surface area contributed by atoms with Crippen LogP contribution in [0.1, 0.15) is 13.3 Å². The van der Waals surface area contributed by atoms with Gasteiger partial charge in [-0.2, -0.15) is 0 Å². The van der Waals surface area contributed by atoms with Gasteiger partial charge in [0.2, 0.25) is 0 Å². The first-order chi connectivity index (χ1) is 6.72. The number of aryl methyl sites for hydroxylation is 1. The standard InChI is InChI=1S/C10H11ClN2S.HI/c1-2-5-13-8-4-3-7(11)6-9(8)14-10(13)12;/h3-4,6,12H,2,5H2,1H3;1H. The Morgan fingerprint density at radius 2 is 2.20 bits per heavy atom. The average molecular weight is 355 g/mol. The Labute approximate surface area is 115 Å². The minimum absolute atomic E-state index is 0. The van der Waals surface area contributed by atoms with Crippen molar-refractivity contribution in [3.05, 3.63) is 23.2 Å². The number of benzene rings is 1. The van der Waals surface area contributed by atoms with Gasteiger partial charge in [-0.25, -0.2) is 4.57 Å². The Bertz CT molecular complexity index is 470. The van der Waals surface area contributed by atoms with Crippen LogP contribution in [0.2, 0.25) is 5.02 Å². The van der Waals surface area contributed by atoms with Gasteiger partial charge in [0.25, 0.3) is 0 Å². The summed E-state index contributed by atoms with van der Waals surface area (Å²) < 4.78 is 3.29. The van der Waals surface area contributed by atoms with Crippen molar-refractivity contribution in [3.8, 4) is 0 Å². The van der Waals surface area contributed by atoms with Crippen LogP contribution in [-0.4, -0.2) is 0 Å². The SMILES string of the molecule is CCC[n+]1c(N)sc2cc(Cl)ccc21.[I-]. The fraction of sp³-hybridized carbons (Fsp3) is 0.300. The molecule has 0 aliphatic carbocycles. The molecule has 0 atom stereocenters. The van der Waals surface area contributed by atoms with E-state index < -0.39 is 0 Å². The lowest BCUT2D eigenvalue weighted by Crippen LogP contribution is -3.00. The fourth-order valence-corrected chi connectivity index (χ4v) is 2.76. The quantitative estimate of drug-likeness (QED) is 0.589. The number of nitrogens with two attached hydrogens (primary N) is 1. The van der Waals surface area contributed by atoms with Crippen LogP contribution in [0.15, 0.2) is 18.2 Å². The zero-order chi connectivity index (χ0) is 10.1. The van der Waals surface area contributed by atoms with Gasteiger partial charge in [-0.3, -0.25) is 5.73 Å². The number of rotatable bonds is 2. The molecule has 1 aromatic carbocycles. The first-order valence-electron chi connectivity index (χ1n) is 4.59. The van der Waals surface area contributed by atoms with Gasteiger partial charge < -0.3 is 24.0 Å². The molecule has 0 aliphatic heterocycles. The number of aromatic nitrogens is 1. The number of nitrogen functional groups attached to an aromatic ring is 1. The monoisotopic (exact) mass is 354 g/mol. The van der Waals surface area contributed by atoms with E-state index in [0.29, 0.717) is 0 Å². The van der Waals surface area contributed by atoms with E-state index in [1.807, 2.05) is 18.2 Å². The molecule has 1 heterocycles. The number of thiazole rings is 1. The third kappa shape index (κ3) is 2.54. The summed E-state index contributed by atoms with van der Waals surface area (Å²) in [5, 5.41) is 1.62. The number of hydrogen-bond donors (Lipinski definition) is 1. The van der Waals surface area contributed by atoms with Crippen LogP contribution in [0, 0.1) is 0 Å². The maximum Gasteiger partial charge on any atom is 0.332 e. The van der Waals surface area contributed by atoms with E-state index in [2.05, 4.69) is 11.5 Å². The topological polar surface area (TPSA) is 29.9 Å². The molecular weight excluding hydrogens is 343 g/mol. The number of nitrogens with zero attached hydrogens (tertiary/aromatic N) is 1. The first kappa shape index (κ1) is 13.0. The summed E-state index contributed by atoms with van der Waals surface area (Å²) in [5.41, 5.74) is 7.11. The van der Waals surface area contributed by atoms with E-state index in [0.717, 1.165) is 27.8 Å². The molecule has 5 heteroatoms. The molecule has 0 fully saturated rings. The van der Waals surface area contributed by atoms with Crippen molar-refractivity contribution in [2.45, 2.75) is 19.9 Å². The van der Waals surface area contributed by atoms with Gasteiger partial charge in [0.15, 0.2) is 0 Å². The Balaban J connectivity index is 0.00000112. The highest BCUT2D eigenvalue weighted by molar-refractivity contribution is 7.21. The highest BCUT2D eigenvalue weighted by Gasteiger charge is 2.13. The summed E-state index contributed by atoms with van der Waals surface area (Å²) in [7, 11) is 0. The van der Waals surface area contributed by atoms with Crippen molar-refractivity contribution in [2.75, 3.05) is 5.73 Å². The maximum absolute atomic E-state index is 5.93. The molecule has 2 N–H and O–H groups in total. The lowest BCUT2D eigenvalue weighted by atomic mass is 10.3. The van der Waals surface area contributed by atoms with Crippen LogP contribution in [0.3, 0.4) is 0 Å². The Hall–Kier alpha value is -0.0700. The van der Waals surface area contributed by atoms with Gasteiger partial charge in [-0.15, -0.1) is 0 Å². The second-order valence-electron chi connectivity index (χ2n) is 3.20. The molecule has 1 aromatic heterocycles. The predicted molar refractivity (Wildman–Crippen MR) is 61.7 cm³/mol. The van der Waals surface area contributed by atoms with Crippen LogP contribution < -0.4 is 34.3 Å². The number of anilines is 1. The molecule has 0 bridgehead atoms. The molecular formula is C10H12ClIN2S. The molecule has 0 spiro atoms. The van der Waals surface area contributed by atoms with Gasteiger partial charge in [0.1, 0.15) is 5.52 Å². The minimum Gasteiger partial charge on any atom is -1.00 e. The fourth-order valence-electron chi connectivity index (χ4n) is 1.53. The lowest BCUT2D eigenvalue weighted by Gasteiger charge is -1.96. The van der Waals surface area contributed by atoms with E-state index in [-0.39, 0.29) is 24.0 Å². The first-order valence-corrected chi connectivity index (χ1v) is 5.79. The zero-order valence-corrected chi connectivity index (χ0v) is 12.1. The van der Waals surface area contributed by atoms with Crippen molar-refractivity contribution in [2.24, 2.45) is 0 Å². The summed E-state index contributed by atoms with van der Waals surface area (Å²) >= 11 is 7.50. The minimum atomic E-state index is 0. The summed E-state index contributed by atoms with van der Waals surface area (Å²) in [6.07, 6.45) is 1.09. The van der Waals surface area contributed by atoms with Crippen LogP contribution in [0.25, 0.3) is 10.2 Å². The molecule has 0 aliphatic rings. The third-order valence-electron chi connectivity index (χ3n) is 2.14. The normalized spacial score (nSPS) is 10.3. The van der Waals surface area contributed by atoms with E-state index >= 15 is 0 Å². The van der Waals surface area contributed by atoms with Crippen LogP contribution >= 0.6 is 22.9 Å². The number of halogens is 2. The van der Waals surface area contributed by atoms with Gasteiger partial charge in [-0.05, 0) is 36.0 Å². The molecule has 0 amide bonds. The van der Waals surface area contributed by atoms with Crippen molar-refractivity contribution in [1.82, 2.24) is 0 Å². The Kier molecular flexibility index (Phi) is 4.61. The van der Waals surface area contributed by atoms with Gasteiger partial charge in [0.05, 0.1) is 11.2 Å². The Morgan fingerprint density at radius 3 is 2.87 bits per heavy atom. The molecule has 2 nitrogen and oxygen atoms in total. The largest absolute Gasteiger partial charge is 1.00 e. The molecule has 2 rings (SSSR count). The summed E-state index contributed by atoms with van der Waals surface area (Å²) in [4.78, 5) is 0. The molecule has 0 unspecified atom stereocenters. The molecule has 2 aromatic rings. The number of fused-ring (bicyclic) bond motifs is 1. The smallest absolute Gasteiger partial charge is 0.332 e. The van der Waals surface area contributed by atoms with Crippen LogP contribution in [0.5, 0.6) is 0 Å². The van der Waals surface area contributed by atoms with E-state index in [4.69, 9.17) is 17.3 Å². The second-order valence-corrected chi connectivity index (χ2v) is 4.70. The predicted octanol–water partition coefficient (Wildman–Crippen LogP) is -0.162. The Morgan fingerprint density at radius 1 is 1.47 bits per heavy atom. The van der Waals surface area contributed by atoms with Gasteiger partial charge in [0, 0.05) is 5.02 Å². The third-order valence-corrected chi connectivity index (χ3v) is 3.35. The highest BCUT2D eigenvalue weighted by atomic mass is 127. The number of hydrogen-bond acceptors (Lipinski definition) is 2. The summed E-state index contributed by atoms with van der Waals surface area (Å²) in [6.45, 7) is 3.11. The lowest BCUT2D eigenvalue weighted by molar-refractivity contribution is -0.653. The second kappa shape index (κ2) is 5.32. The van der Waals surface area contributed by atoms with E-state index in [1.54, 1.807) is 11.3 Å². The van der Waals surface area contributed by atoms with Crippen molar-refractivity contribution in [1.29, 1.82) is 0 Å². The van der Waals surface area contributed by atoms with Crippen LogP contribution in [0.4, 0.5) is 5.13 Å². The van der Waals surface area contributed by atoms with E-state index in [9.17, 15) is 0 Å². The van der Waals surface area contributed by atoms with Crippen molar-refractivity contribution >= 4 is 38.3 Å². The molecule has 82 valence electrons. The van der Waals surface area contributed by atoms with Gasteiger partial charge in [-0.1, -0.05) is 18.5 Å². The molecule has 0 saturated carbocycles. The molecule has 15 heavy (non-hydrogen) atoms. The van der Waals surface area contributed by atoms with Gasteiger partial charge >= 0.3 is 5.13 Å². The average Bonchev–Trinajstić information content (AvgIpc) is 2.43.